The number of anilines is 1. The van der Waals surface area contributed by atoms with Crippen molar-refractivity contribution in [3.05, 3.63) is 76.8 Å². The van der Waals surface area contributed by atoms with Gasteiger partial charge in [0, 0.05) is 49.5 Å². The molecule has 0 atom stereocenters. The minimum Gasteiger partial charge on any atom is -0.482 e. The molecular weight excluding hydrogens is 393 g/mol. The molecule has 0 aliphatic carbocycles. The highest BCUT2D eigenvalue weighted by Gasteiger charge is 2.38. The summed E-state index contributed by atoms with van der Waals surface area (Å²) < 4.78 is 20.0. The average molecular weight is 420 g/mol. The number of rotatable bonds is 3. The second kappa shape index (κ2) is 7.62. The number of benzene rings is 2. The van der Waals surface area contributed by atoms with E-state index in [-0.39, 0.29) is 11.7 Å². The first-order chi connectivity index (χ1) is 14.9. The Morgan fingerprint density at radius 3 is 2.58 bits per heavy atom. The molecule has 31 heavy (non-hydrogen) atoms. The lowest BCUT2D eigenvalue weighted by atomic mass is 9.91. The molecule has 3 heterocycles. The summed E-state index contributed by atoms with van der Waals surface area (Å²) >= 11 is 0. The second-order valence-electron chi connectivity index (χ2n) is 8.78. The van der Waals surface area contributed by atoms with Crippen LogP contribution in [0.15, 0.2) is 54.3 Å². The smallest absolute Gasteiger partial charge is 0.260 e. The maximum atomic E-state index is 13.8. The highest BCUT2D eigenvalue weighted by Crippen LogP contribution is 2.44. The molecule has 5 rings (SSSR count). The molecule has 2 aromatic rings. The Kier molecular flexibility index (Phi) is 4.91. The van der Waals surface area contributed by atoms with Crippen molar-refractivity contribution in [2.75, 3.05) is 31.5 Å². The summed E-state index contributed by atoms with van der Waals surface area (Å²) in [5.74, 6) is -0.170. The molecule has 0 radical (unpaired) electrons. The van der Waals surface area contributed by atoms with Crippen molar-refractivity contribution in [1.82, 2.24) is 10.2 Å². The normalized spacial score (nSPS) is 22.7. The Balaban J connectivity index is 1.46. The largest absolute Gasteiger partial charge is 0.482 e. The maximum absolute atomic E-state index is 13.8. The minimum absolute atomic E-state index is 0.268. The number of carbonyl (C=O) groups excluding carboxylic acids is 1. The molecule has 2 N–H and O–H groups in total. The Bertz CT molecular complexity index is 1100. The zero-order chi connectivity index (χ0) is 21.6. The van der Waals surface area contributed by atoms with Crippen LogP contribution in [0.4, 0.5) is 10.1 Å². The number of carbonyl (C=O) groups is 1. The number of hydrogen-bond acceptors (Lipinski definition) is 4. The first-order valence-electron chi connectivity index (χ1n) is 10.7. The number of allylic oxidation sites excluding steroid dienone is 1. The third-order valence-electron chi connectivity index (χ3n) is 6.14. The fourth-order valence-corrected chi connectivity index (χ4v) is 4.52. The van der Waals surface area contributed by atoms with Crippen molar-refractivity contribution in [1.29, 1.82) is 0 Å². The van der Waals surface area contributed by atoms with Gasteiger partial charge in [-0.25, -0.2) is 4.39 Å². The lowest BCUT2D eigenvalue weighted by molar-refractivity contribution is -0.111. The average Bonchev–Trinajstić information content (AvgIpc) is 3.23. The van der Waals surface area contributed by atoms with Gasteiger partial charge in [0.15, 0.2) is 0 Å². The van der Waals surface area contributed by atoms with Crippen LogP contribution in [0.25, 0.3) is 11.1 Å². The summed E-state index contributed by atoms with van der Waals surface area (Å²) in [6.07, 6.45) is 1.92. The van der Waals surface area contributed by atoms with Gasteiger partial charge in [0.25, 0.3) is 5.91 Å². The third-order valence-corrected chi connectivity index (χ3v) is 6.14. The fraction of sp³-hybridized carbons (Fsp3) is 0.320. The second-order valence-corrected chi connectivity index (χ2v) is 8.78. The molecule has 1 saturated heterocycles. The molecular formula is C25H26FN3O2. The molecule has 1 fully saturated rings. The van der Waals surface area contributed by atoms with Gasteiger partial charge >= 0.3 is 0 Å². The summed E-state index contributed by atoms with van der Waals surface area (Å²) in [6.45, 7) is 9.12. The van der Waals surface area contributed by atoms with Crippen molar-refractivity contribution in [3.63, 3.8) is 0 Å². The molecule has 0 saturated carbocycles. The SMILES string of the molecule is CC1(C)O/C(=C2/C(=O)Nc3ccc(F)cc32)C=C1c1ccc(CN2CCNCC2)cc1. The van der Waals surface area contributed by atoms with Crippen LogP contribution in [0.2, 0.25) is 0 Å². The summed E-state index contributed by atoms with van der Waals surface area (Å²) in [5, 5.41) is 6.18. The van der Waals surface area contributed by atoms with E-state index in [1.165, 1.54) is 17.7 Å². The predicted molar refractivity (Wildman–Crippen MR) is 120 cm³/mol. The zero-order valence-corrected chi connectivity index (χ0v) is 17.8. The number of ether oxygens (including phenoxy) is 1. The minimum atomic E-state index is -0.598. The van der Waals surface area contributed by atoms with Crippen LogP contribution in [-0.4, -0.2) is 42.6 Å². The first kappa shape index (κ1) is 20.0. The van der Waals surface area contributed by atoms with E-state index in [4.69, 9.17) is 4.74 Å². The topological polar surface area (TPSA) is 53.6 Å². The van der Waals surface area contributed by atoms with E-state index in [2.05, 4.69) is 39.8 Å². The predicted octanol–water partition coefficient (Wildman–Crippen LogP) is 3.79. The molecule has 5 nitrogen and oxygen atoms in total. The van der Waals surface area contributed by atoms with E-state index in [1.807, 2.05) is 19.9 Å². The fourth-order valence-electron chi connectivity index (χ4n) is 4.52. The molecule has 0 spiro atoms. The van der Waals surface area contributed by atoms with Gasteiger partial charge in [-0.1, -0.05) is 24.3 Å². The van der Waals surface area contributed by atoms with E-state index < -0.39 is 5.60 Å². The van der Waals surface area contributed by atoms with Crippen LogP contribution < -0.4 is 10.6 Å². The third kappa shape index (κ3) is 3.77. The molecule has 0 unspecified atom stereocenters. The standard InChI is InChI=1S/C25H26FN3O2/c1-25(2)20(17-5-3-16(4-6-17)15-29-11-9-27-10-12-29)14-22(31-25)23-19-13-18(26)7-8-21(19)28-24(23)30/h3-8,13-14,27H,9-12,15H2,1-2H3,(H,28,30)/b23-22+. The zero-order valence-electron chi connectivity index (χ0n) is 17.8. The molecule has 3 aliphatic heterocycles. The van der Waals surface area contributed by atoms with Crippen LogP contribution in [0.3, 0.4) is 0 Å². The number of fused-ring (bicyclic) bond motifs is 1. The highest BCUT2D eigenvalue weighted by atomic mass is 19.1. The van der Waals surface area contributed by atoms with Gasteiger partial charge in [0.05, 0.1) is 5.57 Å². The molecule has 3 aliphatic rings. The van der Waals surface area contributed by atoms with Gasteiger partial charge in [-0.3, -0.25) is 9.69 Å². The van der Waals surface area contributed by atoms with Crippen molar-refractivity contribution in [2.45, 2.75) is 26.0 Å². The summed E-state index contributed by atoms with van der Waals surface area (Å²) in [7, 11) is 0. The van der Waals surface area contributed by atoms with Crippen molar-refractivity contribution in [3.8, 4) is 0 Å². The molecule has 160 valence electrons. The number of nitrogens with zero attached hydrogens (tertiary/aromatic N) is 1. The number of halogens is 1. The Labute approximate surface area is 181 Å². The lowest BCUT2D eigenvalue weighted by Crippen LogP contribution is -2.42. The Morgan fingerprint density at radius 2 is 1.84 bits per heavy atom. The summed E-state index contributed by atoms with van der Waals surface area (Å²) in [4.78, 5) is 15.1. The number of piperazine rings is 1. The van der Waals surface area contributed by atoms with Gasteiger partial charge in [-0.2, -0.15) is 0 Å². The quantitative estimate of drug-likeness (QED) is 0.744. The molecule has 0 aromatic heterocycles. The van der Waals surface area contributed by atoms with E-state index >= 15 is 0 Å². The molecule has 6 heteroatoms. The van der Waals surface area contributed by atoms with Crippen molar-refractivity contribution in [2.24, 2.45) is 0 Å². The van der Waals surface area contributed by atoms with Gasteiger partial charge in [-0.05, 0) is 49.2 Å². The van der Waals surface area contributed by atoms with E-state index in [1.54, 1.807) is 6.07 Å². The van der Waals surface area contributed by atoms with Gasteiger partial charge in [0.1, 0.15) is 17.2 Å². The van der Waals surface area contributed by atoms with Gasteiger partial charge in [-0.15, -0.1) is 0 Å². The Hall–Kier alpha value is -2.96. The van der Waals surface area contributed by atoms with Crippen molar-refractivity contribution >= 4 is 22.7 Å². The molecule has 0 bridgehead atoms. The van der Waals surface area contributed by atoms with Crippen LogP contribution in [0.5, 0.6) is 0 Å². The van der Waals surface area contributed by atoms with Gasteiger partial charge in [0.2, 0.25) is 0 Å². The van der Waals surface area contributed by atoms with E-state index in [9.17, 15) is 9.18 Å². The lowest BCUT2D eigenvalue weighted by Gasteiger charge is -2.27. The van der Waals surface area contributed by atoms with Crippen LogP contribution in [0.1, 0.15) is 30.5 Å². The van der Waals surface area contributed by atoms with E-state index in [0.717, 1.165) is 43.9 Å². The monoisotopic (exact) mass is 419 g/mol. The number of hydrogen-bond donors (Lipinski definition) is 2. The molecule has 1 amide bonds. The summed E-state index contributed by atoms with van der Waals surface area (Å²) in [5.41, 5.74) is 4.27. The number of nitrogens with one attached hydrogen (secondary N) is 2. The summed E-state index contributed by atoms with van der Waals surface area (Å²) in [6, 6.07) is 12.9. The van der Waals surface area contributed by atoms with Crippen LogP contribution in [0, 0.1) is 5.82 Å². The van der Waals surface area contributed by atoms with E-state index in [0.29, 0.717) is 22.6 Å². The maximum Gasteiger partial charge on any atom is 0.260 e. The van der Waals surface area contributed by atoms with Crippen molar-refractivity contribution < 1.29 is 13.9 Å². The number of amides is 1. The molecule has 2 aromatic carbocycles. The highest BCUT2D eigenvalue weighted by molar-refractivity contribution is 6.32. The first-order valence-corrected chi connectivity index (χ1v) is 10.7. The Morgan fingerprint density at radius 1 is 1.10 bits per heavy atom. The van der Waals surface area contributed by atoms with Crippen LogP contribution in [-0.2, 0) is 16.1 Å². The van der Waals surface area contributed by atoms with Crippen LogP contribution >= 0.6 is 0 Å². The van der Waals surface area contributed by atoms with Gasteiger partial charge < -0.3 is 15.4 Å².